The molecule has 0 aliphatic carbocycles. The Morgan fingerprint density at radius 3 is 2.40 bits per heavy atom. The van der Waals surface area contributed by atoms with E-state index in [9.17, 15) is 9.59 Å². The van der Waals surface area contributed by atoms with E-state index in [0.717, 1.165) is 19.3 Å². The van der Waals surface area contributed by atoms with Gasteiger partial charge in [0.15, 0.2) is 0 Å². The standard InChI is InChI=1S/C15H28N2O2S/c1-6-11(4)13-14(19)17(9-12(18)16-13)10-15(7-2,8-3)20-5/h11,13H,6-10H2,1-5H3,(H,16,18). The maximum absolute atomic E-state index is 12.6. The smallest absolute Gasteiger partial charge is 0.245 e. The highest BCUT2D eigenvalue weighted by Crippen LogP contribution is 2.32. The van der Waals surface area contributed by atoms with Crippen molar-refractivity contribution in [2.75, 3.05) is 19.3 Å². The monoisotopic (exact) mass is 300 g/mol. The number of rotatable bonds is 7. The molecule has 20 heavy (non-hydrogen) atoms. The van der Waals surface area contributed by atoms with Gasteiger partial charge in [-0.25, -0.2) is 0 Å². The fourth-order valence-electron chi connectivity index (χ4n) is 2.66. The van der Waals surface area contributed by atoms with Crippen LogP contribution in [0.5, 0.6) is 0 Å². The predicted octanol–water partition coefficient (Wildman–Crippen LogP) is 2.28. The van der Waals surface area contributed by atoms with Gasteiger partial charge >= 0.3 is 0 Å². The van der Waals surface area contributed by atoms with Crippen LogP contribution < -0.4 is 5.32 Å². The summed E-state index contributed by atoms with van der Waals surface area (Å²) in [6.45, 7) is 9.25. The molecule has 1 fully saturated rings. The van der Waals surface area contributed by atoms with Gasteiger partial charge < -0.3 is 10.2 Å². The van der Waals surface area contributed by atoms with Crippen LogP contribution in [0, 0.1) is 5.92 Å². The van der Waals surface area contributed by atoms with Crippen molar-refractivity contribution in [3.8, 4) is 0 Å². The van der Waals surface area contributed by atoms with Crippen molar-refractivity contribution in [1.82, 2.24) is 10.2 Å². The number of amides is 2. The third-order valence-electron chi connectivity index (χ3n) is 4.64. The number of carbonyl (C=O) groups excluding carboxylic acids is 2. The van der Waals surface area contributed by atoms with Gasteiger partial charge in [-0.3, -0.25) is 9.59 Å². The van der Waals surface area contributed by atoms with E-state index in [1.165, 1.54) is 0 Å². The van der Waals surface area contributed by atoms with Crippen LogP contribution >= 0.6 is 11.8 Å². The first-order valence-electron chi connectivity index (χ1n) is 7.56. The first-order chi connectivity index (χ1) is 9.42. The number of hydrogen-bond acceptors (Lipinski definition) is 3. The second kappa shape index (κ2) is 7.34. The highest BCUT2D eigenvalue weighted by molar-refractivity contribution is 8.00. The van der Waals surface area contributed by atoms with E-state index in [2.05, 4.69) is 25.4 Å². The largest absolute Gasteiger partial charge is 0.342 e. The van der Waals surface area contributed by atoms with Gasteiger partial charge in [0, 0.05) is 11.3 Å². The summed E-state index contributed by atoms with van der Waals surface area (Å²) in [5, 5.41) is 2.85. The van der Waals surface area contributed by atoms with E-state index in [1.54, 1.807) is 16.7 Å². The van der Waals surface area contributed by atoms with Crippen LogP contribution in [0.25, 0.3) is 0 Å². The van der Waals surface area contributed by atoms with Gasteiger partial charge in [-0.15, -0.1) is 0 Å². The number of piperazine rings is 1. The normalized spacial score (nSPS) is 21.9. The zero-order chi connectivity index (χ0) is 15.3. The van der Waals surface area contributed by atoms with E-state index in [-0.39, 0.29) is 35.1 Å². The van der Waals surface area contributed by atoms with Crippen LogP contribution in [0.1, 0.15) is 47.0 Å². The lowest BCUT2D eigenvalue weighted by Crippen LogP contribution is -2.62. The summed E-state index contributed by atoms with van der Waals surface area (Å²) in [7, 11) is 0. The molecule has 0 radical (unpaired) electrons. The van der Waals surface area contributed by atoms with Gasteiger partial charge in [-0.1, -0.05) is 34.1 Å². The summed E-state index contributed by atoms with van der Waals surface area (Å²) in [6, 6.07) is -0.352. The quantitative estimate of drug-likeness (QED) is 0.785. The van der Waals surface area contributed by atoms with E-state index < -0.39 is 0 Å². The number of nitrogens with zero attached hydrogens (tertiary/aromatic N) is 1. The molecule has 2 unspecified atom stereocenters. The van der Waals surface area contributed by atoms with E-state index >= 15 is 0 Å². The lowest BCUT2D eigenvalue weighted by molar-refractivity contribution is -0.146. The molecule has 2 amide bonds. The summed E-state index contributed by atoms with van der Waals surface area (Å²) in [5.41, 5.74) is 0. The second-order valence-electron chi connectivity index (χ2n) is 5.72. The second-order valence-corrected chi connectivity index (χ2v) is 6.99. The molecule has 4 nitrogen and oxygen atoms in total. The van der Waals surface area contributed by atoms with Crippen molar-refractivity contribution in [2.24, 2.45) is 5.92 Å². The van der Waals surface area contributed by atoms with Crippen LogP contribution in [0.3, 0.4) is 0 Å². The fraction of sp³-hybridized carbons (Fsp3) is 0.867. The molecule has 1 aliphatic rings. The SMILES string of the molecule is CCC(C)C1NC(=O)CN(CC(CC)(CC)SC)C1=O. The zero-order valence-corrected chi connectivity index (χ0v) is 14.2. The summed E-state index contributed by atoms with van der Waals surface area (Å²) < 4.78 is 0.0628. The van der Waals surface area contributed by atoms with E-state index in [0.29, 0.717) is 6.54 Å². The van der Waals surface area contributed by atoms with Crippen molar-refractivity contribution in [3.05, 3.63) is 0 Å². The van der Waals surface area contributed by atoms with Crippen LogP contribution in [-0.4, -0.2) is 46.8 Å². The predicted molar refractivity (Wildman–Crippen MR) is 84.8 cm³/mol. The van der Waals surface area contributed by atoms with Crippen LogP contribution in [0.2, 0.25) is 0 Å². The Labute approximate surface area is 127 Å². The minimum Gasteiger partial charge on any atom is -0.342 e. The molecule has 1 heterocycles. The molecule has 2 atom stereocenters. The Morgan fingerprint density at radius 1 is 1.35 bits per heavy atom. The Morgan fingerprint density at radius 2 is 1.95 bits per heavy atom. The minimum atomic E-state index is -0.352. The molecule has 1 N–H and O–H groups in total. The van der Waals surface area contributed by atoms with Crippen molar-refractivity contribution >= 4 is 23.6 Å². The van der Waals surface area contributed by atoms with Gasteiger partial charge in [0.2, 0.25) is 11.8 Å². The Hall–Kier alpha value is -0.710. The first kappa shape index (κ1) is 17.3. The maximum Gasteiger partial charge on any atom is 0.245 e. The molecular formula is C15H28N2O2S. The third-order valence-corrected chi connectivity index (χ3v) is 6.21. The van der Waals surface area contributed by atoms with Gasteiger partial charge in [0.05, 0.1) is 6.54 Å². The summed E-state index contributed by atoms with van der Waals surface area (Å²) in [5.74, 6) is 0.234. The van der Waals surface area contributed by atoms with Gasteiger partial charge in [0.25, 0.3) is 0 Å². The number of carbonyl (C=O) groups is 2. The molecular weight excluding hydrogens is 272 g/mol. The fourth-order valence-corrected chi connectivity index (χ4v) is 3.52. The zero-order valence-electron chi connectivity index (χ0n) is 13.4. The maximum atomic E-state index is 12.6. The van der Waals surface area contributed by atoms with Crippen molar-refractivity contribution in [1.29, 1.82) is 0 Å². The molecule has 0 saturated carbocycles. The lowest BCUT2D eigenvalue weighted by Gasteiger charge is -2.40. The molecule has 0 aromatic carbocycles. The average Bonchev–Trinajstić information content (AvgIpc) is 2.47. The lowest BCUT2D eigenvalue weighted by atomic mass is 9.94. The van der Waals surface area contributed by atoms with Crippen LogP contribution in [0.15, 0.2) is 0 Å². The molecule has 5 heteroatoms. The average molecular weight is 300 g/mol. The van der Waals surface area contributed by atoms with Gasteiger partial charge in [-0.05, 0) is 25.0 Å². The van der Waals surface area contributed by atoms with E-state index in [4.69, 9.17) is 0 Å². The van der Waals surface area contributed by atoms with Crippen molar-refractivity contribution in [3.63, 3.8) is 0 Å². The topological polar surface area (TPSA) is 49.4 Å². The summed E-state index contributed by atoms with van der Waals surface area (Å²) in [4.78, 5) is 26.3. The van der Waals surface area contributed by atoms with Crippen molar-refractivity contribution in [2.45, 2.75) is 57.7 Å². The molecule has 1 aliphatic heterocycles. The van der Waals surface area contributed by atoms with Crippen molar-refractivity contribution < 1.29 is 9.59 Å². The third kappa shape index (κ3) is 3.68. The Kier molecular flexibility index (Phi) is 6.37. The molecule has 0 aromatic rings. The number of thioether (sulfide) groups is 1. The molecule has 1 saturated heterocycles. The summed E-state index contributed by atoms with van der Waals surface area (Å²) in [6.07, 6.45) is 4.99. The first-order valence-corrected chi connectivity index (χ1v) is 8.78. The Balaban J connectivity index is 2.88. The van der Waals surface area contributed by atoms with Crippen LogP contribution in [0.4, 0.5) is 0 Å². The van der Waals surface area contributed by atoms with E-state index in [1.807, 2.05) is 13.8 Å². The number of nitrogens with one attached hydrogen (secondary N) is 1. The highest BCUT2D eigenvalue weighted by atomic mass is 32.2. The molecule has 0 bridgehead atoms. The molecule has 1 rings (SSSR count). The molecule has 0 aromatic heterocycles. The molecule has 0 spiro atoms. The van der Waals surface area contributed by atoms with Crippen LogP contribution in [-0.2, 0) is 9.59 Å². The van der Waals surface area contributed by atoms with Gasteiger partial charge in [0.1, 0.15) is 6.04 Å². The summed E-state index contributed by atoms with van der Waals surface area (Å²) >= 11 is 1.80. The minimum absolute atomic E-state index is 0.0305. The number of hydrogen-bond donors (Lipinski definition) is 1. The van der Waals surface area contributed by atoms with Gasteiger partial charge in [-0.2, -0.15) is 11.8 Å². The Bertz CT molecular complexity index is 348. The molecule has 116 valence electrons. The highest BCUT2D eigenvalue weighted by Gasteiger charge is 2.39.